The van der Waals surface area contributed by atoms with E-state index in [4.69, 9.17) is 4.74 Å². The van der Waals surface area contributed by atoms with E-state index in [1.165, 1.54) is 24.9 Å². The Morgan fingerprint density at radius 2 is 1.88 bits per heavy atom. The predicted octanol–water partition coefficient (Wildman–Crippen LogP) is 3.84. The van der Waals surface area contributed by atoms with Crippen molar-refractivity contribution in [2.75, 3.05) is 14.2 Å². The van der Waals surface area contributed by atoms with Crippen LogP contribution in [0.2, 0.25) is 0 Å². The first-order chi connectivity index (χ1) is 11.8. The summed E-state index contributed by atoms with van der Waals surface area (Å²) >= 11 is 0. The molecule has 130 valence electrons. The maximum atomic E-state index is 12.9. The first kappa shape index (κ1) is 16.8. The number of rotatable bonds is 3. The van der Waals surface area contributed by atoms with Gasteiger partial charge in [0.25, 0.3) is 0 Å². The summed E-state index contributed by atoms with van der Waals surface area (Å²) in [4.78, 5) is 15.8. The molecule has 2 aromatic carbocycles. The highest BCUT2D eigenvalue weighted by atomic mass is 19.4. The average molecular weight is 350 g/mol. The average Bonchev–Trinajstić information content (AvgIpc) is 2.98. The number of hydrogen-bond donors (Lipinski definition) is 0. The molecule has 25 heavy (non-hydrogen) atoms. The standard InChI is InChI=1S/C17H13F3N2O3/c1-24-15(23)10-4-3-5-12(8-10)22-14-7-6-11(17(18,19)20)9-13(14)21-16(22)25-2/h3-9H,1-2H3. The van der Waals surface area contributed by atoms with Crippen molar-refractivity contribution < 1.29 is 27.4 Å². The monoisotopic (exact) mass is 350 g/mol. The van der Waals surface area contributed by atoms with Crippen LogP contribution in [0.15, 0.2) is 42.5 Å². The number of ether oxygens (including phenoxy) is 2. The fraction of sp³-hybridized carbons (Fsp3) is 0.176. The van der Waals surface area contributed by atoms with Crippen LogP contribution in [0.4, 0.5) is 13.2 Å². The summed E-state index contributed by atoms with van der Waals surface area (Å²) in [5.74, 6) is -0.524. The first-order valence-electron chi connectivity index (χ1n) is 7.17. The van der Waals surface area contributed by atoms with Crippen LogP contribution in [-0.4, -0.2) is 29.7 Å². The van der Waals surface area contributed by atoms with Gasteiger partial charge >= 0.3 is 18.2 Å². The van der Waals surface area contributed by atoms with Crippen LogP contribution in [-0.2, 0) is 10.9 Å². The van der Waals surface area contributed by atoms with Gasteiger partial charge in [-0.25, -0.2) is 4.79 Å². The lowest BCUT2D eigenvalue weighted by Gasteiger charge is -2.10. The second-order valence-electron chi connectivity index (χ2n) is 5.18. The molecule has 0 atom stereocenters. The van der Waals surface area contributed by atoms with Crippen molar-refractivity contribution in [1.82, 2.24) is 9.55 Å². The number of methoxy groups -OCH3 is 2. The second-order valence-corrected chi connectivity index (χ2v) is 5.18. The molecule has 5 nitrogen and oxygen atoms in total. The van der Waals surface area contributed by atoms with Crippen LogP contribution in [0.3, 0.4) is 0 Å². The lowest BCUT2D eigenvalue weighted by molar-refractivity contribution is -0.137. The van der Waals surface area contributed by atoms with Gasteiger partial charge in [0.2, 0.25) is 0 Å². The number of nitrogens with zero attached hydrogens (tertiary/aromatic N) is 2. The van der Waals surface area contributed by atoms with Gasteiger partial charge < -0.3 is 9.47 Å². The topological polar surface area (TPSA) is 53.4 Å². The normalized spacial score (nSPS) is 11.6. The molecule has 8 heteroatoms. The lowest BCUT2D eigenvalue weighted by Crippen LogP contribution is -2.05. The Morgan fingerprint density at radius 1 is 1.12 bits per heavy atom. The van der Waals surface area contributed by atoms with E-state index in [1.54, 1.807) is 24.3 Å². The highest BCUT2D eigenvalue weighted by Gasteiger charge is 2.31. The number of benzene rings is 2. The quantitative estimate of drug-likeness (QED) is 0.674. The van der Waals surface area contributed by atoms with Gasteiger partial charge in [0, 0.05) is 0 Å². The van der Waals surface area contributed by atoms with Crippen molar-refractivity contribution in [3.8, 4) is 11.7 Å². The minimum absolute atomic E-state index is 0.108. The highest BCUT2D eigenvalue weighted by Crippen LogP contribution is 2.33. The van der Waals surface area contributed by atoms with Gasteiger partial charge in [0.15, 0.2) is 0 Å². The van der Waals surface area contributed by atoms with E-state index < -0.39 is 17.7 Å². The summed E-state index contributed by atoms with van der Waals surface area (Å²) in [6, 6.07) is 9.80. The van der Waals surface area contributed by atoms with Crippen LogP contribution in [0.5, 0.6) is 6.01 Å². The molecule has 0 amide bonds. The van der Waals surface area contributed by atoms with Crippen molar-refractivity contribution in [3.63, 3.8) is 0 Å². The lowest BCUT2D eigenvalue weighted by atomic mass is 10.1. The molecule has 0 N–H and O–H groups in total. The number of imidazole rings is 1. The van der Waals surface area contributed by atoms with E-state index in [9.17, 15) is 18.0 Å². The molecule has 0 spiro atoms. The number of alkyl halides is 3. The summed E-state index contributed by atoms with van der Waals surface area (Å²) in [6.07, 6.45) is -4.46. The molecule has 1 aromatic heterocycles. The Balaban J connectivity index is 2.20. The number of carbonyl (C=O) groups is 1. The molecule has 0 aliphatic carbocycles. The summed E-state index contributed by atoms with van der Waals surface area (Å²) < 4.78 is 50.1. The molecular formula is C17H13F3N2O3. The Kier molecular flexibility index (Phi) is 4.12. The van der Waals surface area contributed by atoms with Gasteiger partial charge in [-0.05, 0) is 36.4 Å². The van der Waals surface area contributed by atoms with Gasteiger partial charge in [-0.15, -0.1) is 0 Å². The molecule has 0 unspecified atom stereocenters. The van der Waals surface area contributed by atoms with E-state index in [1.807, 2.05) is 0 Å². The molecule has 0 saturated heterocycles. The molecular weight excluding hydrogens is 337 g/mol. The van der Waals surface area contributed by atoms with E-state index >= 15 is 0 Å². The second kappa shape index (κ2) is 6.12. The van der Waals surface area contributed by atoms with Crippen molar-refractivity contribution in [2.24, 2.45) is 0 Å². The highest BCUT2D eigenvalue weighted by molar-refractivity contribution is 5.90. The number of carbonyl (C=O) groups excluding carboxylic acids is 1. The van der Waals surface area contributed by atoms with E-state index in [0.717, 1.165) is 12.1 Å². The van der Waals surface area contributed by atoms with Gasteiger partial charge in [0.1, 0.15) is 0 Å². The maximum absolute atomic E-state index is 12.9. The van der Waals surface area contributed by atoms with E-state index in [2.05, 4.69) is 9.72 Å². The summed E-state index contributed by atoms with van der Waals surface area (Å²) in [6.45, 7) is 0. The minimum Gasteiger partial charge on any atom is -0.468 e. The van der Waals surface area contributed by atoms with Crippen molar-refractivity contribution in [1.29, 1.82) is 0 Å². The predicted molar refractivity (Wildman–Crippen MR) is 84.0 cm³/mol. The molecule has 3 rings (SSSR count). The van der Waals surface area contributed by atoms with Crippen LogP contribution in [0, 0.1) is 0 Å². The van der Waals surface area contributed by atoms with Gasteiger partial charge in [-0.2, -0.15) is 18.2 Å². The van der Waals surface area contributed by atoms with Crippen LogP contribution in [0.1, 0.15) is 15.9 Å². The van der Waals surface area contributed by atoms with Crippen LogP contribution < -0.4 is 4.74 Å². The number of aromatic nitrogens is 2. The van der Waals surface area contributed by atoms with Crippen LogP contribution >= 0.6 is 0 Å². The first-order valence-corrected chi connectivity index (χ1v) is 7.17. The number of hydrogen-bond acceptors (Lipinski definition) is 4. The van der Waals surface area contributed by atoms with Crippen molar-refractivity contribution in [3.05, 3.63) is 53.6 Å². The zero-order chi connectivity index (χ0) is 18.2. The van der Waals surface area contributed by atoms with Crippen molar-refractivity contribution >= 4 is 17.0 Å². The SMILES string of the molecule is COC(=O)c1cccc(-n2c(OC)nc3cc(C(F)(F)F)ccc32)c1. The zero-order valence-corrected chi connectivity index (χ0v) is 13.3. The summed E-state index contributed by atoms with van der Waals surface area (Å²) in [7, 11) is 2.63. The molecule has 3 aromatic rings. The van der Waals surface area contributed by atoms with E-state index in [0.29, 0.717) is 16.8 Å². The number of halogens is 3. The molecule has 1 heterocycles. The van der Waals surface area contributed by atoms with Crippen LogP contribution in [0.25, 0.3) is 16.7 Å². The number of esters is 1. The zero-order valence-electron chi connectivity index (χ0n) is 13.3. The third-order valence-corrected chi connectivity index (χ3v) is 3.66. The largest absolute Gasteiger partial charge is 0.468 e. The van der Waals surface area contributed by atoms with Gasteiger partial charge in [-0.1, -0.05) is 6.07 Å². The summed E-state index contributed by atoms with van der Waals surface area (Å²) in [5.41, 5.74) is 0.579. The fourth-order valence-corrected chi connectivity index (χ4v) is 2.51. The molecule has 0 aliphatic rings. The van der Waals surface area contributed by atoms with E-state index in [-0.39, 0.29) is 11.5 Å². The molecule has 0 fully saturated rings. The molecule has 0 aliphatic heterocycles. The van der Waals surface area contributed by atoms with Gasteiger partial charge in [0.05, 0.1) is 42.1 Å². The minimum atomic E-state index is -4.46. The molecule has 0 saturated carbocycles. The Labute approximate surface area is 140 Å². The maximum Gasteiger partial charge on any atom is 0.416 e. The Bertz CT molecular complexity index is 948. The Hall–Kier alpha value is -3.03. The Morgan fingerprint density at radius 3 is 2.52 bits per heavy atom. The van der Waals surface area contributed by atoms with Gasteiger partial charge in [-0.3, -0.25) is 4.57 Å². The molecule has 0 radical (unpaired) electrons. The summed E-state index contributed by atoms with van der Waals surface area (Å²) in [5, 5.41) is 0. The third-order valence-electron chi connectivity index (χ3n) is 3.66. The smallest absolute Gasteiger partial charge is 0.416 e. The fourth-order valence-electron chi connectivity index (χ4n) is 2.51. The molecule has 0 bridgehead atoms. The third kappa shape index (κ3) is 3.02. The van der Waals surface area contributed by atoms with Crippen molar-refractivity contribution in [2.45, 2.75) is 6.18 Å². The number of fused-ring (bicyclic) bond motifs is 1.